The van der Waals surface area contributed by atoms with Gasteiger partial charge in [-0.25, -0.2) is 4.79 Å². The number of hydrogen-bond donors (Lipinski definition) is 2. The number of alkyl carbamates (subject to hydrolysis) is 1. The number of benzene rings is 3. The Labute approximate surface area is 279 Å². The third-order valence-corrected chi connectivity index (χ3v) is 9.64. The van der Waals surface area contributed by atoms with Crippen molar-refractivity contribution in [3.05, 3.63) is 108 Å². The molecule has 8 nitrogen and oxygen atoms in total. The predicted molar refractivity (Wildman–Crippen MR) is 185 cm³/mol. The van der Waals surface area contributed by atoms with Crippen LogP contribution in [0.5, 0.6) is 0 Å². The molecule has 1 spiro atoms. The molecule has 2 fully saturated rings. The van der Waals surface area contributed by atoms with Crippen LogP contribution in [0.2, 0.25) is 0 Å². The molecule has 0 radical (unpaired) electrons. The van der Waals surface area contributed by atoms with Gasteiger partial charge in [0.15, 0.2) is 0 Å². The van der Waals surface area contributed by atoms with Gasteiger partial charge in [-0.05, 0) is 81.0 Å². The number of aryl methyl sites for hydroxylation is 1. The predicted octanol–water partition coefficient (Wildman–Crippen LogP) is 5.90. The van der Waals surface area contributed by atoms with Gasteiger partial charge in [0.25, 0.3) is 0 Å². The molecule has 250 valence electrons. The molecule has 5 rings (SSSR count). The van der Waals surface area contributed by atoms with Gasteiger partial charge >= 0.3 is 6.09 Å². The maximum atomic E-state index is 14.0. The first-order valence-corrected chi connectivity index (χ1v) is 17.4. The molecule has 1 atom stereocenters. The van der Waals surface area contributed by atoms with Crippen LogP contribution in [-0.4, -0.2) is 72.0 Å². The summed E-state index contributed by atoms with van der Waals surface area (Å²) in [5, 5.41) is 5.91. The van der Waals surface area contributed by atoms with E-state index in [4.69, 9.17) is 4.74 Å². The van der Waals surface area contributed by atoms with E-state index >= 15 is 0 Å². The molecule has 2 heterocycles. The average Bonchev–Trinajstić information content (AvgIpc) is 3.11. The molecule has 3 aromatic rings. The fourth-order valence-corrected chi connectivity index (χ4v) is 6.85. The van der Waals surface area contributed by atoms with Crippen molar-refractivity contribution >= 4 is 17.9 Å². The molecule has 47 heavy (non-hydrogen) atoms. The first-order chi connectivity index (χ1) is 23.0. The number of piperidine rings is 1. The molecular weight excluding hydrogens is 588 g/mol. The number of hydrogen-bond acceptors (Lipinski definition) is 5. The fraction of sp³-hybridized carbons (Fsp3) is 0.462. The maximum Gasteiger partial charge on any atom is 0.407 e. The Morgan fingerprint density at radius 3 is 2.02 bits per heavy atom. The van der Waals surface area contributed by atoms with Gasteiger partial charge in [0.05, 0.1) is 0 Å². The van der Waals surface area contributed by atoms with Crippen molar-refractivity contribution in [1.82, 2.24) is 20.4 Å². The fourth-order valence-electron chi connectivity index (χ4n) is 6.85. The smallest absolute Gasteiger partial charge is 0.407 e. The Kier molecular flexibility index (Phi) is 12.8. The molecule has 2 aliphatic rings. The highest BCUT2D eigenvalue weighted by atomic mass is 16.5. The molecule has 2 saturated heterocycles. The van der Waals surface area contributed by atoms with Crippen molar-refractivity contribution in [2.24, 2.45) is 0 Å². The highest BCUT2D eigenvalue weighted by Gasteiger charge is 2.53. The van der Waals surface area contributed by atoms with Gasteiger partial charge in [-0.15, -0.1) is 0 Å². The monoisotopic (exact) mass is 638 g/mol. The van der Waals surface area contributed by atoms with Gasteiger partial charge in [0.1, 0.15) is 18.2 Å². The molecule has 8 heteroatoms. The molecule has 0 aromatic heterocycles. The van der Waals surface area contributed by atoms with Crippen LogP contribution in [-0.2, 0) is 33.8 Å². The minimum atomic E-state index is -0.795. The van der Waals surface area contributed by atoms with Crippen molar-refractivity contribution in [1.29, 1.82) is 0 Å². The van der Waals surface area contributed by atoms with Crippen LogP contribution in [0.4, 0.5) is 4.79 Å². The van der Waals surface area contributed by atoms with E-state index in [0.717, 1.165) is 43.6 Å². The van der Waals surface area contributed by atoms with Crippen LogP contribution in [0, 0.1) is 0 Å². The summed E-state index contributed by atoms with van der Waals surface area (Å²) >= 11 is 0. The summed E-state index contributed by atoms with van der Waals surface area (Å²) < 4.78 is 5.28. The summed E-state index contributed by atoms with van der Waals surface area (Å²) in [6, 6.07) is 29.9. The molecule has 2 aliphatic heterocycles. The molecule has 0 bridgehead atoms. The number of carbonyl (C=O) groups excluding carboxylic acids is 3. The zero-order chi connectivity index (χ0) is 32.7. The Balaban J connectivity index is 1.09. The third kappa shape index (κ3) is 9.91. The standard InChI is InChI=1S/C39H50N4O4/c44-36-35(22-12-13-26-40-38(46)47-31-34-20-9-3-10-21-34)41-37(45)39(43(36)28-23-33-18-7-2-8-19-33)24-29-42(30-25-39)27-14-4-11-17-32-15-5-1-6-16-32/h1-3,5-10,15-16,18-21,35H,4,11-14,17,22-31H2,(H,40,46)(H,41,45). The van der Waals surface area contributed by atoms with Gasteiger partial charge in [0, 0.05) is 26.2 Å². The largest absolute Gasteiger partial charge is 0.445 e. The number of piperazine rings is 1. The third-order valence-electron chi connectivity index (χ3n) is 9.64. The van der Waals surface area contributed by atoms with Gasteiger partial charge < -0.3 is 25.2 Å². The topological polar surface area (TPSA) is 91.0 Å². The lowest BCUT2D eigenvalue weighted by Crippen LogP contribution is -2.73. The number of ether oxygens (including phenoxy) is 1. The number of rotatable bonds is 16. The van der Waals surface area contributed by atoms with Crippen LogP contribution in [0.1, 0.15) is 68.1 Å². The van der Waals surface area contributed by atoms with E-state index in [1.54, 1.807) is 0 Å². The molecule has 0 saturated carbocycles. The van der Waals surface area contributed by atoms with Crippen LogP contribution in [0.25, 0.3) is 0 Å². The van der Waals surface area contributed by atoms with Crippen LogP contribution < -0.4 is 10.6 Å². The maximum absolute atomic E-state index is 14.0. The average molecular weight is 639 g/mol. The van der Waals surface area contributed by atoms with Crippen LogP contribution >= 0.6 is 0 Å². The lowest BCUT2D eigenvalue weighted by Gasteiger charge is -2.51. The van der Waals surface area contributed by atoms with E-state index in [1.165, 1.54) is 18.4 Å². The number of amides is 3. The van der Waals surface area contributed by atoms with Gasteiger partial charge in [-0.1, -0.05) is 97.4 Å². The Hall–Kier alpha value is -4.17. The van der Waals surface area contributed by atoms with Crippen LogP contribution in [0.15, 0.2) is 91.0 Å². The lowest BCUT2D eigenvalue weighted by atomic mass is 9.81. The molecule has 3 aromatic carbocycles. The lowest BCUT2D eigenvalue weighted by molar-refractivity contribution is -0.161. The Morgan fingerprint density at radius 1 is 0.745 bits per heavy atom. The SMILES string of the molecule is O=C(NCCCCC1NC(=O)C2(CCN(CCCCCc3ccccc3)CC2)N(CCc2ccccc2)C1=O)OCc1ccccc1. The summed E-state index contributed by atoms with van der Waals surface area (Å²) in [5.74, 6) is 0.00501. The Bertz CT molecular complexity index is 1390. The van der Waals surface area contributed by atoms with E-state index in [9.17, 15) is 14.4 Å². The summed E-state index contributed by atoms with van der Waals surface area (Å²) in [7, 11) is 0. The normalized spacial score (nSPS) is 17.8. The second kappa shape index (κ2) is 17.7. The van der Waals surface area contributed by atoms with Gasteiger partial charge in [-0.3, -0.25) is 9.59 Å². The van der Waals surface area contributed by atoms with E-state index in [1.807, 2.05) is 53.4 Å². The zero-order valence-corrected chi connectivity index (χ0v) is 27.6. The summed E-state index contributed by atoms with van der Waals surface area (Å²) in [6.07, 6.45) is 8.13. The van der Waals surface area contributed by atoms with Crippen molar-refractivity contribution < 1.29 is 19.1 Å². The number of nitrogens with one attached hydrogen (secondary N) is 2. The van der Waals surface area contributed by atoms with Crippen molar-refractivity contribution in [2.45, 2.75) is 82.4 Å². The highest BCUT2D eigenvalue weighted by Crippen LogP contribution is 2.34. The zero-order valence-electron chi connectivity index (χ0n) is 27.6. The van der Waals surface area contributed by atoms with Crippen LogP contribution in [0.3, 0.4) is 0 Å². The first kappa shape index (κ1) is 34.2. The quantitative estimate of drug-likeness (QED) is 0.191. The van der Waals surface area contributed by atoms with Crippen molar-refractivity contribution in [3.8, 4) is 0 Å². The number of carbonyl (C=O) groups is 3. The molecule has 2 N–H and O–H groups in total. The molecule has 3 amide bonds. The van der Waals surface area contributed by atoms with Gasteiger partial charge in [0.2, 0.25) is 11.8 Å². The van der Waals surface area contributed by atoms with Gasteiger partial charge in [-0.2, -0.15) is 0 Å². The minimum absolute atomic E-state index is 0.0136. The number of likely N-dealkylation sites (tertiary alicyclic amines) is 1. The summed E-state index contributed by atoms with van der Waals surface area (Å²) in [6.45, 7) is 3.87. The van der Waals surface area contributed by atoms with E-state index in [2.05, 4.69) is 58.0 Å². The Morgan fingerprint density at radius 2 is 1.36 bits per heavy atom. The van der Waals surface area contributed by atoms with Crippen molar-refractivity contribution in [2.75, 3.05) is 32.7 Å². The number of unbranched alkanes of at least 4 members (excludes halogenated alkanes) is 3. The van der Waals surface area contributed by atoms with Crippen molar-refractivity contribution in [3.63, 3.8) is 0 Å². The first-order valence-electron chi connectivity index (χ1n) is 17.4. The van der Waals surface area contributed by atoms with E-state index in [-0.39, 0.29) is 18.4 Å². The minimum Gasteiger partial charge on any atom is -0.445 e. The molecule has 0 aliphatic carbocycles. The summed E-state index contributed by atoms with van der Waals surface area (Å²) in [4.78, 5) is 44.3. The highest BCUT2D eigenvalue weighted by molar-refractivity contribution is 6.00. The number of nitrogens with zero attached hydrogens (tertiary/aromatic N) is 2. The second-order valence-electron chi connectivity index (χ2n) is 12.9. The summed E-state index contributed by atoms with van der Waals surface area (Å²) in [5.41, 5.74) is 2.70. The van der Waals surface area contributed by atoms with E-state index < -0.39 is 17.7 Å². The molecule has 1 unspecified atom stereocenters. The second-order valence-corrected chi connectivity index (χ2v) is 12.9. The van der Waals surface area contributed by atoms with E-state index in [0.29, 0.717) is 51.6 Å². The molecular formula is C39H50N4O4.